The molecule has 21 heavy (non-hydrogen) atoms. The van der Waals surface area contributed by atoms with Crippen LogP contribution in [-0.4, -0.2) is 35.1 Å². The van der Waals surface area contributed by atoms with E-state index in [4.69, 9.17) is 0 Å². The lowest BCUT2D eigenvalue weighted by atomic mass is 9.96. The molecule has 4 nitrogen and oxygen atoms in total. The van der Waals surface area contributed by atoms with Crippen LogP contribution >= 0.6 is 0 Å². The second-order valence-corrected chi connectivity index (χ2v) is 6.35. The van der Waals surface area contributed by atoms with E-state index in [1.807, 2.05) is 18.5 Å². The maximum absolute atomic E-state index is 4.38. The first-order valence-electron chi connectivity index (χ1n) is 8.50. The van der Waals surface area contributed by atoms with Crippen LogP contribution in [0.2, 0.25) is 0 Å². The molecule has 1 aliphatic rings. The molecule has 0 aromatic carbocycles. The fourth-order valence-corrected chi connectivity index (χ4v) is 3.09. The van der Waals surface area contributed by atoms with E-state index in [-0.39, 0.29) is 0 Å². The fraction of sp³-hybridized carbons (Fsp3) is 0.765. The Balaban J connectivity index is 1.88. The Morgan fingerprint density at radius 3 is 2.71 bits per heavy atom. The van der Waals surface area contributed by atoms with E-state index in [1.165, 1.54) is 32.1 Å². The summed E-state index contributed by atoms with van der Waals surface area (Å²) in [7, 11) is 0. The molecular formula is C17H30N4. The number of anilines is 1. The largest absolute Gasteiger partial charge is 0.339 e. The van der Waals surface area contributed by atoms with E-state index in [1.54, 1.807) is 0 Å². The molecule has 4 heteroatoms. The smallest absolute Gasteiger partial charge is 0.225 e. The van der Waals surface area contributed by atoms with Crippen molar-refractivity contribution in [2.45, 2.75) is 65.0 Å². The number of nitrogens with one attached hydrogen (secondary N) is 1. The lowest BCUT2D eigenvalue weighted by Gasteiger charge is -2.35. The Kier molecular flexibility index (Phi) is 6.43. The highest BCUT2D eigenvalue weighted by Crippen LogP contribution is 2.18. The predicted molar refractivity (Wildman–Crippen MR) is 88.6 cm³/mol. The van der Waals surface area contributed by atoms with Crippen molar-refractivity contribution in [2.24, 2.45) is 5.92 Å². The van der Waals surface area contributed by atoms with Gasteiger partial charge in [-0.2, -0.15) is 0 Å². The Morgan fingerprint density at radius 2 is 2.05 bits per heavy atom. The van der Waals surface area contributed by atoms with Crippen LogP contribution in [0.1, 0.15) is 52.9 Å². The molecule has 0 saturated carbocycles. The van der Waals surface area contributed by atoms with Crippen LogP contribution in [0.3, 0.4) is 0 Å². The van der Waals surface area contributed by atoms with Gasteiger partial charge >= 0.3 is 0 Å². The summed E-state index contributed by atoms with van der Waals surface area (Å²) in [4.78, 5) is 11.1. The van der Waals surface area contributed by atoms with Gasteiger partial charge in [-0.15, -0.1) is 0 Å². The molecule has 1 aromatic heterocycles. The summed E-state index contributed by atoms with van der Waals surface area (Å²) < 4.78 is 0. The number of nitrogens with zero attached hydrogens (tertiary/aromatic N) is 3. The SMILES string of the molecule is CCC(C)CC(CC)NC1CCCN(c2ncccn2)C1. The Bertz CT molecular complexity index is 395. The zero-order valence-corrected chi connectivity index (χ0v) is 13.8. The zero-order chi connectivity index (χ0) is 15.1. The standard InChI is InChI=1S/C17H30N4/c1-4-14(3)12-15(5-2)20-16-8-6-11-21(13-16)17-18-9-7-10-19-17/h7,9-10,14-16,20H,4-6,8,11-13H2,1-3H3. The Labute approximate surface area is 129 Å². The van der Waals surface area contributed by atoms with Gasteiger partial charge in [0.25, 0.3) is 0 Å². The van der Waals surface area contributed by atoms with Crippen LogP contribution in [0.25, 0.3) is 0 Å². The van der Waals surface area contributed by atoms with Gasteiger partial charge in [0.2, 0.25) is 5.95 Å². The van der Waals surface area contributed by atoms with Gasteiger partial charge in [0.05, 0.1) is 0 Å². The highest BCUT2D eigenvalue weighted by molar-refractivity contribution is 5.29. The highest BCUT2D eigenvalue weighted by atomic mass is 15.3. The van der Waals surface area contributed by atoms with Crippen molar-refractivity contribution in [1.29, 1.82) is 0 Å². The van der Waals surface area contributed by atoms with Gasteiger partial charge in [0, 0.05) is 37.6 Å². The third-order valence-corrected chi connectivity index (χ3v) is 4.60. The minimum absolute atomic E-state index is 0.566. The summed E-state index contributed by atoms with van der Waals surface area (Å²) in [6.07, 6.45) is 9.91. The molecule has 2 rings (SSSR count). The topological polar surface area (TPSA) is 41.0 Å². The zero-order valence-electron chi connectivity index (χ0n) is 13.8. The molecule has 3 atom stereocenters. The van der Waals surface area contributed by atoms with E-state index in [0.717, 1.165) is 25.0 Å². The molecule has 3 unspecified atom stereocenters. The van der Waals surface area contributed by atoms with Gasteiger partial charge in [-0.1, -0.05) is 27.2 Å². The summed E-state index contributed by atoms with van der Waals surface area (Å²) >= 11 is 0. The quantitative estimate of drug-likeness (QED) is 0.837. The van der Waals surface area contributed by atoms with Crippen molar-refractivity contribution < 1.29 is 0 Å². The number of hydrogen-bond donors (Lipinski definition) is 1. The first-order chi connectivity index (χ1) is 10.2. The first-order valence-corrected chi connectivity index (χ1v) is 8.50. The van der Waals surface area contributed by atoms with E-state index in [2.05, 4.69) is 41.0 Å². The average molecular weight is 290 g/mol. The van der Waals surface area contributed by atoms with Gasteiger partial charge in [0.1, 0.15) is 0 Å². The molecule has 2 heterocycles. The number of aromatic nitrogens is 2. The van der Waals surface area contributed by atoms with Crippen molar-refractivity contribution in [3.8, 4) is 0 Å². The van der Waals surface area contributed by atoms with Gasteiger partial charge in [0.15, 0.2) is 0 Å². The van der Waals surface area contributed by atoms with Crippen LogP contribution < -0.4 is 10.2 Å². The maximum atomic E-state index is 4.38. The summed E-state index contributed by atoms with van der Waals surface area (Å²) in [5.74, 6) is 1.68. The van der Waals surface area contributed by atoms with Crippen molar-refractivity contribution in [3.63, 3.8) is 0 Å². The van der Waals surface area contributed by atoms with Gasteiger partial charge in [-0.05, 0) is 37.7 Å². The second kappa shape index (κ2) is 8.32. The molecule has 1 saturated heterocycles. The molecule has 0 aliphatic carbocycles. The monoisotopic (exact) mass is 290 g/mol. The molecule has 1 fully saturated rings. The number of hydrogen-bond acceptors (Lipinski definition) is 4. The van der Waals surface area contributed by atoms with E-state index < -0.39 is 0 Å². The Morgan fingerprint density at radius 1 is 1.29 bits per heavy atom. The molecule has 1 N–H and O–H groups in total. The number of piperidine rings is 1. The van der Waals surface area contributed by atoms with Crippen molar-refractivity contribution in [1.82, 2.24) is 15.3 Å². The van der Waals surface area contributed by atoms with Crippen molar-refractivity contribution >= 4 is 5.95 Å². The van der Waals surface area contributed by atoms with E-state index in [0.29, 0.717) is 12.1 Å². The summed E-state index contributed by atoms with van der Waals surface area (Å²) in [6, 6.07) is 3.08. The van der Waals surface area contributed by atoms with Crippen LogP contribution in [-0.2, 0) is 0 Å². The average Bonchev–Trinajstić information content (AvgIpc) is 2.55. The highest BCUT2D eigenvalue weighted by Gasteiger charge is 2.23. The normalized spacial score (nSPS) is 22.0. The van der Waals surface area contributed by atoms with Gasteiger partial charge < -0.3 is 10.2 Å². The fourth-order valence-electron chi connectivity index (χ4n) is 3.09. The molecule has 0 amide bonds. The lowest BCUT2D eigenvalue weighted by Crippen LogP contribution is -2.49. The van der Waals surface area contributed by atoms with Crippen molar-refractivity contribution in [3.05, 3.63) is 18.5 Å². The molecule has 0 spiro atoms. The van der Waals surface area contributed by atoms with Crippen LogP contribution in [0, 0.1) is 5.92 Å². The van der Waals surface area contributed by atoms with Crippen LogP contribution in [0.4, 0.5) is 5.95 Å². The molecule has 0 radical (unpaired) electrons. The van der Waals surface area contributed by atoms with Crippen LogP contribution in [0.15, 0.2) is 18.5 Å². The minimum atomic E-state index is 0.566. The van der Waals surface area contributed by atoms with E-state index >= 15 is 0 Å². The summed E-state index contributed by atoms with van der Waals surface area (Å²) in [6.45, 7) is 9.04. The first kappa shape index (κ1) is 16.2. The maximum Gasteiger partial charge on any atom is 0.225 e. The Hall–Kier alpha value is -1.16. The van der Waals surface area contributed by atoms with E-state index in [9.17, 15) is 0 Å². The molecule has 1 aliphatic heterocycles. The molecule has 118 valence electrons. The number of rotatable bonds is 7. The van der Waals surface area contributed by atoms with Gasteiger partial charge in [-0.3, -0.25) is 0 Å². The summed E-state index contributed by atoms with van der Waals surface area (Å²) in [5, 5.41) is 3.87. The third kappa shape index (κ3) is 4.95. The van der Waals surface area contributed by atoms with Gasteiger partial charge in [-0.25, -0.2) is 9.97 Å². The predicted octanol–water partition coefficient (Wildman–Crippen LogP) is 3.25. The summed E-state index contributed by atoms with van der Waals surface area (Å²) in [5.41, 5.74) is 0. The van der Waals surface area contributed by atoms with Crippen LogP contribution in [0.5, 0.6) is 0 Å². The third-order valence-electron chi connectivity index (χ3n) is 4.60. The lowest BCUT2D eigenvalue weighted by molar-refractivity contribution is 0.321. The minimum Gasteiger partial charge on any atom is -0.339 e. The molecule has 1 aromatic rings. The molecule has 0 bridgehead atoms. The second-order valence-electron chi connectivity index (χ2n) is 6.35. The van der Waals surface area contributed by atoms with Crippen molar-refractivity contribution in [2.75, 3.05) is 18.0 Å². The molecular weight excluding hydrogens is 260 g/mol.